The molecule has 4 nitrogen and oxygen atoms in total. The van der Waals surface area contributed by atoms with Gasteiger partial charge in [-0.15, -0.1) is 0 Å². The lowest BCUT2D eigenvalue weighted by molar-refractivity contribution is 0.443. The lowest BCUT2D eigenvalue weighted by atomic mass is 10.1. The summed E-state index contributed by atoms with van der Waals surface area (Å²) in [6.07, 6.45) is 0. The van der Waals surface area contributed by atoms with Crippen LogP contribution in [0, 0.1) is 7.14 Å². The molecule has 0 spiro atoms. The second-order valence-corrected chi connectivity index (χ2v) is 6.53. The number of benzene rings is 2. The fourth-order valence-corrected chi connectivity index (χ4v) is 3.75. The number of phenols is 2. The van der Waals surface area contributed by atoms with Crippen molar-refractivity contribution in [1.29, 1.82) is 0 Å². The number of rotatable bonds is 1. The number of hydrogen-bond donors (Lipinski definition) is 2. The Morgan fingerprint density at radius 2 is 1.62 bits per heavy atom. The molecular formula is C15H8I2O4. The summed E-state index contributed by atoms with van der Waals surface area (Å²) in [5.41, 5.74) is 0.602. The number of fused-ring (bicyclic) bond motifs is 1. The van der Waals surface area contributed by atoms with Gasteiger partial charge in [-0.2, -0.15) is 0 Å². The van der Waals surface area contributed by atoms with Crippen molar-refractivity contribution in [3.63, 3.8) is 0 Å². The van der Waals surface area contributed by atoms with Crippen LogP contribution in [0.15, 0.2) is 45.6 Å². The number of phenolic OH excluding ortho intramolecular Hbond substituents is 2. The van der Waals surface area contributed by atoms with E-state index >= 15 is 0 Å². The summed E-state index contributed by atoms with van der Waals surface area (Å²) in [4.78, 5) is 12.3. The molecule has 106 valence electrons. The fraction of sp³-hybridized carbons (Fsp3) is 0. The largest absolute Gasteiger partial charge is 0.506 e. The molecule has 1 heterocycles. The number of hydrogen-bond acceptors (Lipinski definition) is 4. The van der Waals surface area contributed by atoms with Gasteiger partial charge in [0.05, 0.1) is 7.14 Å². The molecule has 0 fully saturated rings. The van der Waals surface area contributed by atoms with Crippen LogP contribution in [0.1, 0.15) is 0 Å². The molecule has 6 heteroatoms. The predicted molar refractivity (Wildman–Crippen MR) is 96.7 cm³/mol. The molecule has 2 N–H and O–H groups in total. The Morgan fingerprint density at radius 3 is 2.29 bits per heavy atom. The summed E-state index contributed by atoms with van der Waals surface area (Å²) in [5, 5.41) is 20.2. The first-order valence-corrected chi connectivity index (χ1v) is 8.08. The normalized spacial score (nSPS) is 11.0. The van der Waals surface area contributed by atoms with Crippen LogP contribution in [-0.2, 0) is 0 Å². The third-order valence-corrected chi connectivity index (χ3v) is 5.09. The van der Waals surface area contributed by atoms with E-state index in [-0.39, 0.29) is 31.5 Å². The molecule has 3 aromatic rings. The van der Waals surface area contributed by atoms with Crippen molar-refractivity contribution in [2.75, 3.05) is 0 Å². The highest BCUT2D eigenvalue weighted by molar-refractivity contribution is 14.1. The van der Waals surface area contributed by atoms with Gasteiger partial charge in [0.2, 0.25) is 0 Å². The van der Waals surface area contributed by atoms with E-state index in [0.29, 0.717) is 9.33 Å². The maximum Gasteiger partial charge on any atom is 0.197 e. The van der Waals surface area contributed by atoms with Gasteiger partial charge in [0, 0.05) is 11.6 Å². The van der Waals surface area contributed by atoms with Crippen molar-refractivity contribution >= 4 is 56.2 Å². The highest BCUT2D eigenvalue weighted by atomic mass is 127. The van der Waals surface area contributed by atoms with Crippen LogP contribution in [0.4, 0.5) is 0 Å². The Kier molecular flexibility index (Phi) is 3.82. The average Bonchev–Trinajstić information content (AvgIpc) is 2.51. The van der Waals surface area contributed by atoms with Crippen LogP contribution in [-0.4, -0.2) is 10.2 Å². The first kappa shape index (κ1) is 14.6. The van der Waals surface area contributed by atoms with Crippen molar-refractivity contribution in [2.24, 2.45) is 0 Å². The van der Waals surface area contributed by atoms with Crippen LogP contribution in [0.2, 0.25) is 0 Å². The molecule has 0 saturated carbocycles. The van der Waals surface area contributed by atoms with Gasteiger partial charge in [-0.05, 0) is 45.2 Å². The van der Waals surface area contributed by atoms with Gasteiger partial charge in [-0.25, -0.2) is 0 Å². The molecule has 2 aromatic carbocycles. The second kappa shape index (κ2) is 5.48. The van der Waals surface area contributed by atoms with Crippen molar-refractivity contribution in [3.05, 3.63) is 53.8 Å². The zero-order chi connectivity index (χ0) is 15.1. The van der Waals surface area contributed by atoms with Gasteiger partial charge in [0.1, 0.15) is 22.6 Å². The van der Waals surface area contributed by atoms with E-state index in [1.807, 2.05) is 52.9 Å². The quantitative estimate of drug-likeness (QED) is 0.489. The SMILES string of the molecule is O=c1cc(-c2ccccc2)oc2c(I)c(O)c(I)c(O)c12. The zero-order valence-corrected chi connectivity index (χ0v) is 14.7. The second-order valence-electron chi connectivity index (χ2n) is 4.37. The maximum atomic E-state index is 12.3. The Bertz CT molecular complexity index is 901. The molecule has 0 aliphatic heterocycles. The first-order valence-electron chi connectivity index (χ1n) is 5.93. The number of halogens is 2. The third kappa shape index (κ3) is 2.39. The molecule has 1 aromatic heterocycles. The molecule has 0 amide bonds. The van der Waals surface area contributed by atoms with E-state index in [0.717, 1.165) is 5.56 Å². The van der Waals surface area contributed by atoms with E-state index in [1.165, 1.54) is 6.07 Å². The molecule has 0 atom stereocenters. The third-order valence-electron chi connectivity index (χ3n) is 3.07. The lowest BCUT2D eigenvalue weighted by Crippen LogP contribution is -2.03. The van der Waals surface area contributed by atoms with Crippen LogP contribution in [0.3, 0.4) is 0 Å². The van der Waals surface area contributed by atoms with Crippen LogP contribution in [0.5, 0.6) is 11.5 Å². The van der Waals surface area contributed by atoms with Gasteiger partial charge in [-0.3, -0.25) is 4.79 Å². The van der Waals surface area contributed by atoms with Crippen molar-refractivity contribution in [3.8, 4) is 22.8 Å². The van der Waals surface area contributed by atoms with Crippen molar-refractivity contribution < 1.29 is 14.6 Å². The van der Waals surface area contributed by atoms with E-state index in [4.69, 9.17) is 4.42 Å². The predicted octanol–water partition coefficient (Wildman–Crippen LogP) is 4.08. The fourth-order valence-electron chi connectivity index (χ4n) is 2.04. The Hall–Kier alpha value is -1.29. The van der Waals surface area contributed by atoms with E-state index < -0.39 is 0 Å². The topological polar surface area (TPSA) is 70.7 Å². The van der Waals surface area contributed by atoms with E-state index in [9.17, 15) is 15.0 Å². The number of aromatic hydroxyl groups is 2. The Morgan fingerprint density at radius 1 is 0.952 bits per heavy atom. The molecule has 21 heavy (non-hydrogen) atoms. The Labute approximate surface area is 146 Å². The molecule has 0 bridgehead atoms. The van der Waals surface area contributed by atoms with Gasteiger partial charge < -0.3 is 14.6 Å². The highest BCUT2D eigenvalue weighted by Gasteiger charge is 2.20. The van der Waals surface area contributed by atoms with Crippen LogP contribution < -0.4 is 5.43 Å². The van der Waals surface area contributed by atoms with Crippen molar-refractivity contribution in [2.45, 2.75) is 0 Å². The molecular weight excluding hydrogens is 498 g/mol. The molecule has 0 aliphatic rings. The molecule has 0 radical (unpaired) electrons. The molecule has 0 aliphatic carbocycles. The van der Waals surface area contributed by atoms with Gasteiger partial charge in [0.25, 0.3) is 0 Å². The van der Waals surface area contributed by atoms with Crippen LogP contribution in [0.25, 0.3) is 22.3 Å². The zero-order valence-electron chi connectivity index (χ0n) is 10.4. The van der Waals surface area contributed by atoms with E-state index in [2.05, 4.69) is 0 Å². The average molecular weight is 506 g/mol. The van der Waals surface area contributed by atoms with E-state index in [1.54, 1.807) is 22.6 Å². The summed E-state index contributed by atoms with van der Waals surface area (Å²) in [6, 6.07) is 10.5. The molecule has 3 rings (SSSR count). The molecule has 0 unspecified atom stereocenters. The minimum Gasteiger partial charge on any atom is -0.506 e. The minimum atomic E-state index is -0.344. The van der Waals surface area contributed by atoms with Crippen molar-refractivity contribution in [1.82, 2.24) is 0 Å². The van der Waals surface area contributed by atoms with Gasteiger partial charge in [-0.1, -0.05) is 30.3 Å². The van der Waals surface area contributed by atoms with Gasteiger partial charge >= 0.3 is 0 Å². The summed E-state index contributed by atoms with van der Waals surface area (Å²) in [6.45, 7) is 0. The maximum absolute atomic E-state index is 12.3. The summed E-state index contributed by atoms with van der Waals surface area (Å²) < 4.78 is 6.39. The lowest BCUT2D eigenvalue weighted by Gasteiger charge is -2.09. The summed E-state index contributed by atoms with van der Waals surface area (Å²) in [7, 11) is 0. The molecule has 0 saturated heterocycles. The Balaban J connectivity index is 2.43. The van der Waals surface area contributed by atoms with Crippen LogP contribution >= 0.6 is 45.2 Å². The standard InChI is InChI=1S/C15H8I2O4/c16-11-13(19)10-8(18)6-9(7-4-2-1-3-5-7)21-15(10)12(17)14(11)20/h1-6,19-20H. The minimum absolute atomic E-state index is 0.0845. The van der Waals surface area contributed by atoms with Gasteiger partial charge in [0.15, 0.2) is 11.0 Å². The first-order chi connectivity index (χ1) is 10.0. The summed E-state index contributed by atoms with van der Waals surface area (Å²) in [5.74, 6) is 0.0532. The highest BCUT2D eigenvalue weighted by Crippen LogP contribution is 2.40. The summed E-state index contributed by atoms with van der Waals surface area (Å²) >= 11 is 3.69. The monoisotopic (exact) mass is 506 g/mol. The smallest absolute Gasteiger partial charge is 0.197 e.